The predicted octanol–water partition coefficient (Wildman–Crippen LogP) is 6.88. The summed E-state index contributed by atoms with van der Waals surface area (Å²) in [5, 5.41) is 34.0. The minimum Gasteiger partial charge on any atom is -0.508 e. The van der Waals surface area contributed by atoms with E-state index in [9.17, 15) is 20.1 Å². The maximum absolute atomic E-state index is 12.6. The van der Waals surface area contributed by atoms with E-state index in [-0.39, 0.29) is 23.3 Å². The van der Waals surface area contributed by atoms with Gasteiger partial charge in [-0.15, -0.1) is 0 Å². The maximum Gasteiger partial charge on any atom is 0.321 e. The summed E-state index contributed by atoms with van der Waals surface area (Å²) in [4.78, 5) is 14.2. The standard InChI is InChI=1S/C32H28N2O4/c1-34(32(38)33-25-9-13-27(36)14-10-25)20-22-4-2-21(3-5-22)18-31-29(23-6-11-26(35)12-7-23)16-8-24-19-28(37)15-17-30(24)31/h2-17,19,35-37H,18,20H2,1H3,(H,33,38). The summed E-state index contributed by atoms with van der Waals surface area (Å²) in [6.07, 6.45) is 0.676. The van der Waals surface area contributed by atoms with Gasteiger partial charge < -0.3 is 25.5 Å². The molecule has 0 atom stereocenters. The number of benzene rings is 5. The van der Waals surface area contributed by atoms with Crippen LogP contribution in [0.2, 0.25) is 0 Å². The minimum absolute atomic E-state index is 0.147. The normalized spacial score (nSPS) is 10.9. The van der Waals surface area contributed by atoms with Crippen LogP contribution in [0.3, 0.4) is 0 Å². The summed E-state index contributed by atoms with van der Waals surface area (Å²) in [5.74, 6) is 0.593. The number of rotatable bonds is 6. The van der Waals surface area contributed by atoms with Crippen LogP contribution in [0, 0.1) is 0 Å². The van der Waals surface area contributed by atoms with Gasteiger partial charge in [0.15, 0.2) is 0 Å². The van der Waals surface area contributed by atoms with E-state index in [0.29, 0.717) is 18.7 Å². The highest BCUT2D eigenvalue weighted by Gasteiger charge is 2.13. The Labute approximate surface area is 221 Å². The number of fused-ring (bicyclic) bond motifs is 1. The first-order valence-corrected chi connectivity index (χ1v) is 12.3. The lowest BCUT2D eigenvalue weighted by molar-refractivity contribution is 0.220. The fourth-order valence-electron chi connectivity index (χ4n) is 4.56. The Kier molecular flexibility index (Phi) is 6.87. The van der Waals surface area contributed by atoms with Crippen LogP contribution in [-0.4, -0.2) is 33.3 Å². The Morgan fingerprint density at radius 2 is 1.32 bits per heavy atom. The van der Waals surface area contributed by atoms with Crippen molar-refractivity contribution >= 4 is 22.5 Å². The van der Waals surface area contributed by atoms with Crippen molar-refractivity contribution in [3.63, 3.8) is 0 Å². The zero-order valence-electron chi connectivity index (χ0n) is 20.9. The summed E-state index contributed by atoms with van der Waals surface area (Å²) in [6.45, 7) is 0.441. The number of carbonyl (C=O) groups is 1. The Hall–Kier alpha value is -4.97. The van der Waals surface area contributed by atoms with Crippen molar-refractivity contribution in [1.82, 2.24) is 4.90 Å². The molecule has 38 heavy (non-hydrogen) atoms. The molecule has 190 valence electrons. The lowest BCUT2D eigenvalue weighted by Gasteiger charge is -2.18. The third-order valence-electron chi connectivity index (χ3n) is 6.58. The molecule has 0 aliphatic carbocycles. The molecular weight excluding hydrogens is 476 g/mol. The van der Waals surface area contributed by atoms with E-state index in [4.69, 9.17) is 0 Å². The number of aromatic hydroxyl groups is 3. The summed E-state index contributed by atoms with van der Waals surface area (Å²) in [6, 6.07) is 31.0. The van der Waals surface area contributed by atoms with Crippen LogP contribution in [0.1, 0.15) is 16.7 Å². The molecular formula is C32H28N2O4. The van der Waals surface area contributed by atoms with E-state index < -0.39 is 0 Å². The van der Waals surface area contributed by atoms with Gasteiger partial charge in [0, 0.05) is 19.3 Å². The summed E-state index contributed by atoms with van der Waals surface area (Å²) in [5.41, 5.74) is 5.93. The van der Waals surface area contributed by atoms with Gasteiger partial charge in [0.05, 0.1) is 0 Å². The molecule has 0 unspecified atom stereocenters. The minimum atomic E-state index is -0.239. The second-order valence-electron chi connectivity index (χ2n) is 9.37. The Morgan fingerprint density at radius 1 is 0.711 bits per heavy atom. The van der Waals surface area contributed by atoms with Gasteiger partial charge in [-0.05, 0) is 93.5 Å². The lowest BCUT2D eigenvalue weighted by atomic mass is 9.90. The number of phenolic OH excluding ortho intramolecular Hbond substituents is 3. The van der Waals surface area contributed by atoms with Crippen LogP contribution in [0.15, 0.2) is 103 Å². The molecule has 0 radical (unpaired) electrons. The molecule has 5 rings (SSSR count). The van der Waals surface area contributed by atoms with Gasteiger partial charge in [-0.1, -0.05) is 54.6 Å². The molecule has 0 bridgehead atoms. The van der Waals surface area contributed by atoms with E-state index in [1.807, 2.05) is 36.4 Å². The predicted molar refractivity (Wildman–Crippen MR) is 151 cm³/mol. The topological polar surface area (TPSA) is 93.0 Å². The average Bonchev–Trinajstić information content (AvgIpc) is 2.91. The number of amides is 2. The molecule has 6 heteroatoms. The third kappa shape index (κ3) is 5.55. The second-order valence-corrected chi connectivity index (χ2v) is 9.37. The van der Waals surface area contributed by atoms with Crippen molar-refractivity contribution in [2.45, 2.75) is 13.0 Å². The van der Waals surface area contributed by atoms with Gasteiger partial charge in [-0.2, -0.15) is 0 Å². The first kappa shape index (κ1) is 24.7. The van der Waals surface area contributed by atoms with Gasteiger partial charge >= 0.3 is 6.03 Å². The molecule has 0 aliphatic rings. The largest absolute Gasteiger partial charge is 0.508 e. The van der Waals surface area contributed by atoms with Crippen molar-refractivity contribution < 1.29 is 20.1 Å². The number of hydrogen-bond acceptors (Lipinski definition) is 4. The van der Waals surface area contributed by atoms with Crippen LogP contribution in [0.4, 0.5) is 10.5 Å². The number of carbonyl (C=O) groups excluding carboxylic acids is 1. The number of anilines is 1. The van der Waals surface area contributed by atoms with Crippen LogP contribution in [0.5, 0.6) is 17.2 Å². The van der Waals surface area contributed by atoms with Crippen LogP contribution in [0.25, 0.3) is 21.9 Å². The monoisotopic (exact) mass is 504 g/mol. The van der Waals surface area contributed by atoms with Gasteiger partial charge in [0.1, 0.15) is 17.2 Å². The van der Waals surface area contributed by atoms with E-state index in [2.05, 4.69) is 23.5 Å². The van der Waals surface area contributed by atoms with E-state index in [1.54, 1.807) is 48.3 Å². The SMILES string of the molecule is CN(Cc1ccc(Cc2c(-c3ccc(O)cc3)ccc3cc(O)ccc23)cc1)C(=O)Nc1ccc(O)cc1. The fourth-order valence-corrected chi connectivity index (χ4v) is 4.56. The molecule has 5 aromatic carbocycles. The van der Waals surface area contributed by atoms with Gasteiger partial charge in [-0.3, -0.25) is 0 Å². The quantitative estimate of drug-likeness (QED) is 0.190. The van der Waals surface area contributed by atoms with Crippen molar-refractivity contribution in [1.29, 1.82) is 0 Å². The lowest BCUT2D eigenvalue weighted by Crippen LogP contribution is -2.30. The number of urea groups is 1. The van der Waals surface area contributed by atoms with Crippen LogP contribution in [-0.2, 0) is 13.0 Å². The van der Waals surface area contributed by atoms with E-state index >= 15 is 0 Å². The second kappa shape index (κ2) is 10.6. The number of phenols is 3. The van der Waals surface area contributed by atoms with Crippen LogP contribution < -0.4 is 5.32 Å². The number of hydrogen-bond donors (Lipinski definition) is 4. The third-order valence-corrected chi connectivity index (χ3v) is 6.58. The molecule has 0 heterocycles. The molecule has 0 fully saturated rings. The molecule has 0 spiro atoms. The highest BCUT2D eigenvalue weighted by molar-refractivity contribution is 5.93. The zero-order valence-corrected chi connectivity index (χ0v) is 20.9. The Morgan fingerprint density at radius 3 is 2.00 bits per heavy atom. The molecule has 5 aromatic rings. The van der Waals surface area contributed by atoms with Crippen molar-refractivity contribution in [2.24, 2.45) is 0 Å². The average molecular weight is 505 g/mol. The van der Waals surface area contributed by atoms with Gasteiger partial charge in [0.25, 0.3) is 0 Å². The maximum atomic E-state index is 12.6. The smallest absolute Gasteiger partial charge is 0.321 e. The summed E-state index contributed by atoms with van der Waals surface area (Å²) in [7, 11) is 1.74. The highest BCUT2D eigenvalue weighted by Crippen LogP contribution is 2.34. The van der Waals surface area contributed by atoms with Crippen molar-refractivity contribution in [3.8, 4) is 28.4 Å². The van der Waals surface area contributed by atoms with E-state index in [1.165, 1.54) is 12.1 Å². The molecule has 6 nitrogen and oxygen atoms in total. The Balaban J connectivity index is 1.36. The summed E-state index contributed by atoms with van der Waals surface area (Å²) < 4.78 is 0. The van der Waals surface area contributed by atoms with Gasteiger partial charge in [0.2, 0.25) is 0 Å². The van der Waals surface area contributed by atoms with Crippen molar-refractivity contribution in [2.75, 3.05) is 12.4 Å². The zero-order chi connectivity index (χ0) is 26.6. The summed E-state index contributed by atoms with van der Waals surface area (Å²) >= 11 is 0. The van der Waals surface area contributed by atoms with Crippen molar-refractivity contribution in [3.05, 3.63) is 120 Å². The number of nitrogens with zero attached hydrogens (tertiary/aromatic N) is 1. The van der Waals surface area contributed by atoms with Gasteiger partial charge in [-0.25, -0.2) is 4.79 Å². The highest BCUT2D eigenvalue weighted by atomic mass is 16.3. The molecule has 0 saturated carbocycles. The Bertz CT molecular complexity index is 1580. The first-order chi connectivity index (χ1) is 18.4. The molecule has 4 N–H and O–H groups in total. The van der Waals surface area contributed by atoms with Crippen LogP contribution >= 0.6 is 0 Å². The molecule has 0 aromatic heterocycles. The fraction of sp³-hybridized carbons (Fsp3) is 0.0938. The molecule has 0 aliphatic heterocycles. The molecule has 2 amide bonds. The number of nitrogens with one attached hydrogen (secondary N) is 1. The van der Waals surface area contributed by atoms with E-state index in [0.717, 1.165) is 38.6 Å². The first-order valence-electron chi connectivity index (χ1n) is 12.3. The molecule has 0 saturated heterocycles.